The molecule has 0 aromatic carbocycles. The number of hydrogen-bond acceptors (Lipinski definition) is 6. The fraction of sp³-hybridized carbons (Fsp3) is 0.662. The van der Waals surface area contributed by atoms with Gasteiger partial charge in [-0.15, -0.1) is 0 Å². The van der Waals surface area contributed by atoms with Crippen molar-refractivity contribution in [2.24, 2.45) is 0 Å². The molecular weight excluding hydrogens is 985 g/mol. The predicted molar refractivity (Wildman–Crippen MR) is 348 cm³/mol. The number of carbonyl (C=O) groups excluding carboxylic acids is 3. The first-order chi connectivity index (χ1) is 39.5. The van der Waals surface area contributed by atoms with Gasteiger partial charge in [0.2, 0.25) is 0 Å². The smallest absolute Gasteiger partial charge is 0.306 e. The molecule has 0 spiro atoms. The van der Waals surface area contributed by atoms with Crippen LogP contribution in [0.3, 0.4) is 0 Å². The number of allylic oxidation sites excluding steroid dienone is 22. The highest BCUT2D eigenvalue weighted by molar-refractivity contribution is 5.71. The van der Waals surface area contributed by atoms with E-state index in [-0.39, 0.29) is 37.5 Å². The normalized spacial score (nSPS) is 13.0. The van der Waals surface area contributed by atoms with Gasteiger partial charge in [0, 0.05) is 19.3 Å². The third-order valence-corrected chi connectivity index (χ3v) is 13.9. The van der Waals surface area contributed by atoms with E-state index in [0.29, 0.717) is 19.3 Å². The lowest BCUT2D eigenvalue weighted by molar-refractivity contribution is -0.167. The molecule has 6 heteroatoms. The van der Waals surface area contributed by atoms with Gasteiger partial charge in [0.1, 0.15) is 13.2 Å². The highest BCUT2D eigenvalue weighted by atomic mass is 16.6. The van der Waals surface area contributed by atoms with Gasteiger partial charge in [-0.1, -0.05) is 276 Å². The molecule has 0 saturated heterocycles. The number of hydrogen-bond donors (Lipinski definition) is 0. The molecule has 0 rings (SSSR count). The summed E-state index contributed by atoms with van der Waals surface area (Å²) >= 11 is 0. The van der Waals surface area contributed by atoms with E-state index in [1.165, 1.54) is 128 Å². The molecule has 1 unspecified atom stereocenters. The van der Waals surface area contributed by atoms with E-state index in [4.69, 9.17) is 14.2 Å². The molecule has 0 radical (unpaired) electrons. The van der Waals surface area contributed by atoms with Crippen LogP contribution in [0.2, 0.25) is 0 Å². The zero-order valence-electron chi connectivity index (χ0n) is 52.0. The van der Waals surface area contributed by atoms with Crippen LogP contribution in [-0.4, -0.2) is 37.2 Å². The van der Waals surface area contributed by atoms with E-state index in [2.05, 4.69) is 154 Å². The average Bonchev–Trinajstić information content (AvgIpc) is 3.46. The number of unbranched alkanes of at least 4 members (excludes halogenated alkanes) is 26. The maximum Gasteiger partial charge on any atom is 0.306 e. The highest BCUT2D eigenvalue weighted by Crippen LogP contribution is 2.15. The summed E-state index contributed by atoms with van der Waals surface area (Å²) in [4.78, 5) is 38.4. The molecule has 0 amide bonds. The van der Waals surface area contributed by atoms with Gasteiger partial charge in [-0.05, 0) is 135 Å². The van der Waals surface area contributed by atoms with Crippen molar-refractivity contribution in [1.82, 2.24) is 0 Å². The van der Waals surface area contributed by atoms with Crippen LogP contribution < -0.4 is 0 Å². The summed E-state index contributed by atoms with van der Waals surface area (Å²) in [6.07, 6.45) is 94.6. The number of esters is 3. The van der Waals surface area contributed by atoms with Crippen LogP contribution in [-0.2, 0) is 28.6 Å². The van der Waals surface area contributed by atoms with Crippen molar-refractivity contribution >= 4 is 17.9 Å². The second-order valence-electron chi connectivity index (χ2n) is 21.6. The molecule has 0 aromatic heterocycles. The van der Waals surface area contributed by atoms with E-state index in [1.54, 1.807) is 0 Å². The Kier molecular flexibility index (Phi) is 63.3. The Hall–Kier alpha value is -4.45. The number of rotatable bonds is 59. The monoisotopic (exact) mass is 1110 g/mol. The Labute approximate surface area is 494 Å². The summed E-state index contributed by atoms with van der Waals surface area (Å²) in [7, 11) is 0. The fourth-order valence-electron chi connectivity index (χ4n) is 8.90. The van der Waals surface area contributed by atoms with Crippen molar-refractivity contribution in [2.45, 2.75) is 303 Å². The number of carbonyl (C=O) groups is 3. The Morgan fingerprint density at radius 3 is 0.825 bits per heavy atom. The van der Waals surface area contributed by atoms with E-state index in [1.807, 2.05) is 0 Å². The molecule has 6 nitrogen and oxygen atoms in total. The van der Waals surface area contributed by atoms with Crippen molar-refractivity contribution in [3.63, 3.8) is 0 Å². The minimum Gasteiger partial charge on any atom is -0.462 e. The van der Waals surface area contributed by atoms with Gasteiger partial charge >= 0.3 is 17.9 Å². The Morgan fingerprint density at radius 1 is 0.263 bits per heavy atom. The van der Waals surface area contributed by atoms with Crippen LogP contribution in [0, 0.1) is 0 Å². The molecule has 0 saturated carbocycles. The quantitative estimate of drug-likeness (QED) is 0.0261. The van der Waals surface area contributed by atoms with Crippen LogP contribution in [0.1, 0.15) is 297 Å². The minimum absolute atomic E-state index is 0.107. The zero-order chi connectivity index (χ0) is 57.8. The second-order valence-corrected chi connectivity index (χ2v) is 21.6. The van der Waals surface area contributed by atoms with Gasteiger partial charge in [-0.3, -0.25) is 14.4 Å². The first-order valence-corrected chi connectivity index (χ1v) is 33.2. The van der Waals surface area contributed by atoms with Crippen molar-refractivity contribution in [2.75, 3.05) is 13.2 Å². The van der Waals surface area contributed by atoms with Crippen molar-refractivity contribution in [1.29, 1.82) is 0 Å². The first-order valence-electron chi connectivity index (χ1n) is 33.2. The molecule has 0 bridgehead atoms. The molecule has 0 aromatic rings. The lowest BCUT2D eigenvalue weighted by Crippen LogP contribution is -2.30. The molecule has 0 heterocycles. The molecule has 454 valence electrons. The van der Waals surface area contributed by atoms with Crippen LogP contribution >= 0.6 is 0 Å². The topological polar surface area (TPSA) is 78.9 Å². The fourth-order valence-corrected chi connectivity index (χ4v) is 8.90. The third kappa shape index (κ3) is 64.4. The Morgan fingerprint density at radius 2 is 0.500 bits per heavy atom. The Bertz CT molecular complexity index is 1700. The summed E-state index contributed by atoms with van der Waals surface area (Å²) in [5, 5.41) is 0. The van der Waals surface area contributed by atoms with Crippen LogP contribution in [0.25, 0.3) is 0 Å². The summed E-state index contributed by atoms with van der Waals surface area (Å²) in [5.41, 5.74) is 0. The molecule has 0 fully saturated rings. The maximum atomic E-state index is 12.9. The molecule has 1 atom stereocenters. The Balaban J connectivity index is 4.51. The van der Waals surface area contributed by atoms with Gasteiger partial charge in [0.25, 0.3) is 0 Å². The largest absolute Gasteiger partial charge is 0.462 e. The summed E-state index contributed by atoms with van der Waals surface area (Å²) < 4.78 is 16.9. The van der Waals surface area contributed by atoms with Crippen LogP contribution in [0.15, 0.2) is 134 Å². The van der Waals surface area contributed by atoms with Gasteiger partial charge in [0.15, 0.2) is 6.10 Å². The molecule has 80 heavy (non-hydrogen) atoms. The van der Waals surface area contributed by atoms with Crippen molar-refractivity contribution < 1.29 is 28.6 Å². The average molecular weight is 1110 g/mol. The second kappa shape index (κ2) is 67.1. The van der Waals surface area contributed by atoms with Gasteiger partial charge in [0.05, 0.1) is 0 Å². The van der Waals surface area contributed by atoms with Gasteiger partial charge < -0.3 is 14.2 Å². The predicted octanol–water partition coefficient (Wildman–Crippen LogP) is 22.9. The van der Waals surface area contributed by atoms with E-state index in [9.17, 15) is 14.4 Å². The van der Waals surface area contributed by atoms with Gasteiger partial charge in [-0.2, -0.15) is 0 Å². The van der Waals surface area contributed by atoms with Crippen LogP contribution in [0.4, 0.5) is 0 Å². The third-order valence-electron chi connectivity index (χ3n) is 13.9. The first kappa shape index (κ1) is 75.5. The molecular formula is C74H122O6. The van der Waals surface area contributed by atoms with Gasteiger partial charge in [-0.25, -0.2) is 0 Å². The van der Waals surface area contributed by atoms with E-state index in [0.717, 1.165) is 122 Å². The maximum absolute atomic E-state index is 12.9. The zero-order valence-corrected chi connectivity index (χ0v) is 52.0. The van der Waals surface area contributed by atoms with E-state index < -0.39 is 6.10 Å². The van der Waals surface area contributed by atoms with Crippen molar-refractivity contribution in [3.05, 3.63) is 134 Å². The summed E-state index contributed by atoms with van der Waals surface area (Å²) in [5.74, 6) is -0.980. The molecule has 0 aliphatic heterocycles. The number of ether oxygens (including phenoxy) is 3. The molecule has 0 aliphatic carbocycles. The molecule has 0 N–H and O–H groups in total. The van der Waals surface area contributed by atoms with Crippen molar-refractivity contribution in [3.8, 4) is 0 Å². The molecule has 0 aliphatic rings. The summed E-state index contributed by atoms with van der Waals surface area (Å²) in [6, 6.07) is 0. The minimum atomic E-state index is -0.816. The summed E-state index contributed by atoms with van der Waals surface area (Å²) in [6.45, 7) is 6.47. The SMILES string of the molecule is CC/C=C\C/C=C\C/C=C\C/C=C\C/C=C\C/C=C\C/C=C\CCCC(=O)OCC(COC(=O)CCCCCCC/C=C\CCCCCCCCC)OC(=O)CCCCCCCCCC/C=C\C/C=C\C/C=C\CCCCCCC. The van der Waals surface area contributed by atoms with Crippen LogP contribution in [0.5, 0.6) is 0 Å². The highest BCUT2D eigenvalue weighted by Gasteiger charge is 2.19. The van der Waals surface area contributed by atoms with E-state index >= 15 is 0 Å². The lowest BCUT2D eigenvalue weighted by Gasteiger charge is -2.18. The lowest BCUT2D eigenvalue weighted by atomic mass is 10.1. The standard InChI is InChI=1S/C74H122O6/c1-4-7-10-13-16-19-22-25-28-31-33-35-37-39-41-43-46-49-52-55-58-61-64-67-73(76)79-70-71(69-78-72(75)66-63-60-57-54-51-48-45-30-27-24-21-18-15-12-9-6-3)80-74(77)68-65-62-59-56-53-50-47-44-42-40-38-36-34-32-29-26-23-20-17-14-11-8-5-2/h7,10,16,19,23,25-26,28,30,32-35,38-41,45-46,49,55,58,71H,4-6,8-9,11-15,17-18,20-22,24,27,29,31,36-37,42-44,47-48,50-54,56-57,59-70H2,1-3H3/b10-7-,19-16-,26-23-,28-25-,34-32-,35-33-,40-38-,41-39-,45-30-,49-46-,58-55-.